The van der Waals surface area contributed by atoms with Crippen molar-refractivity contribution in [2.45, 2.75) is 57.7 Å². The van der Waals surface area contributed by atoms with Gasteiger partial charge in [0.25, 0.3) is 0 Å². The van der Waals surface area contributed by atoms with E-state index in [1.807, 2.05) is 32.2 Å². The molecule has 0 aliphatic heterocycles. The highest BCUT2D eigenvalue weighted by molar-refractivity contribution is 7.16. The van der Waals surface area contributed by atoms with Gasteiger partial charge in [-0.05, 0) is 51.5 Å². The second-order valence-corrected chi connectivity index (χ2v) is 9.58. The third kappa shape index (κ3) is 4.39. The zero-order chi connectivity index (χ0) is 22.2. The summed E-state index contributed by atoms with van der Waals surface area (Å²) in [6, 6.07) is 3.61. The Morgan fingerprint density at radius 1 is 1.29 bits per heavy atom. The van der Waals surface area contributed by atoms with Crippen LogP contribution >= 0.6 is 11.3 Å². The third-order valence-corrected chi connectivity index (χ3v) is 6.03. The molecule has 1 saturated carbocycles. The van der Waals surface area contributed by atoms with Gasteiger partial charge in [-0.15, -0.1) is 11.3 Å². The second-order valence-electron chi connectivity index (χ2n) is 8.69. The molecule has 0 aromatic carbocycles. The van der Waals surface area contributed by atoms with E-state index in [0.29, 0.717) is 23.6 Å². The van der Waals surface area contributed by atoms with Gasteiger partial charge in [0.05, 0.1) is 19.2 Å². The quantitative estimate of drug-likeness (QED) is 0.598. The number of nitrogens with zero attached hydrogens (tertiary/aromatic N) is 4. The smallest absolute Gasteiger partial charge is 0.408 e. The van der Waals surface area contributed by atoms with Crippen LogP contribution in [0.15, 0.2) is 23.8 Å². The van der Waals surface area contributed by atoms with Gasteiger partial charge >= 0.3 is 12.1 Å². The summed E-state index contributed by atoms with van der Waals surface area (Å²) >= 11 is 1.51. The number of hydrogen-bond acceptors (Lipinski definition) is 8. The number of carbonyl (C=O) groups is 2. The van der Waals surface area contributed by atoms with E-state index >= 15 is 0 Å². The summed E-state index contributed by atoms with van der Waals surface area (Å²) < 4.78 is 12.0. The van der Waals surface area contributed by atoms with Crippen molar-refractivity contribution in [2.24, 2.45) is 0 Å². The lowest BCUT2D eigenvalue weighted by molar-refractivity contribution is 0.0349. The zero-order valence-corrected chi connectivity index (χ0v) is 18.8. The Bertz CT molecular complexity index is 1130. The van der Waals surface area contributed by atoms with Crippen LogP contribution in [0.4, 0.5) is 4.79 Å². The maximum Gasteiger partial charge on any atom is 0.408 e. The monoisotopic (exact) mass is 443 g/mol. The van der Waals surface area contributed by atoms with Crippen molar-refractivity contribution in [2.75, 3.05) is 7.11 Å². The van der Waals surface area contributed by atoms with Crippen molar-refractivity contribution >= 4 is 33.6 Å². The van der Waals surface area contributed by atoms with Gasteiger partial charge in [0.15, 0.2) is 0 Å². The van der Waals surface area contributed by atoms with Gasteiger partial charge in [-0.3, -0.25) is 4.68 Å². The molecule has 0 spiro atoms. The van der Waals surface area contributed by atoms with Crippen molar-refractivity contribution in [3.05, 3.63) is 29.5 Å². The lowest BCUT2D eigenvalue weighted by Crippen LogP contribution is -2.57. The second kappa shape index (κ2) is 7.92. The molecular weight excluding hydrogens is 418 g/mol. The van der Waals surface area contributed by atoms with Crippen molar-refractivity contribution in [1.29, 1.82) is 0 Å². The highest BCUT2D eigenvalue weighted by atomic mass is 32.1. The zero-order valence-electron chi connectivity index (χ0n) is 18.0. The summed E-state index contributed by atoms with van der Waals surface area (Å²) in [5, 5.41) is 10.5. The van der Waals surface area contributed by atoms with Crippen molar-refractivity contribution in [3.8, 4) is 11.4 Å². The molecule has 164 valence electrons. The van der Waals surface area contributed by atoms with Crippen LogP contribution in [0.5, 0.6) is 0 Å². The number of amides is 1. The molecule has 1 aliphatic carbocycles. The van der Waals surface area contributed by atoms with Gasteiger partial charge in [0.2, 0.25) is 0 Å². The molecule has 10 heteroatoms. The van der Waals surface area contributed by atoms with Crippen molar-refractivity contribution < 1.29 is 19.1 Å². The van der Waals surface area contributed by atoms with E-state index in [4.69, 9.17) is 9.47 Å². The lowest BCUT2D eigenvalue weighted by atomic mass is 9.76. The van der Waals surface area contributed by atoms with Crippen LogP contribution in [0, 0.1) is 0 Å². The molecule has 0 atom stereocenters. The molecule has 1 fully saturated rings. The number of nitrogens with one attached hydrogen (secondary N) is 1. The number of carbonyl (C=O) groups excluding carboxylic acids is 2. The number of thiophene rings is 1. The molecule has 9 nitrogen and oxygen atoms in total. The number of rotatable bonds is 5. The Kier molecular flexibility index (Phi) is 5.42. The fourth-order valence-electron chi connectivity index (χ4n) is 3.65. The molecule has 0 radical (unpaired) electrons. The number of fused-ring (bicyclic) bond motifs is 1. The molecule has 3 heterocycles. The Morgan fingerprint density at radius 2 is 2.06 bits per heavy atom. The number of ether oxygens (including phenoxy) is 2. The maximum atomic E-state index is 12.5. The molecule has 4 rings (SSSR count). The Labute approximate surface area is 183 Å². The lowest BCUT2D eigenvalue weighted by Gasteiger charge is -2.42. The standard InChI is InChI=1S/C21H25N5O4S/c1-20(2,3)30-19(28)24-21(7-5-8-21)11-26-15(18(27)29-4)10-14(25-26)16-13-6-9-31-17(13)23-12-22-16/h6,9-10,12H,5,7-8,11H2,1-4H3,(H,24,28). The maximum absolute atomic E-state index is 12.5. The Hall–Kier alpha value is -3.01. The first-order valence-electron chi connectivity index (χ1n) is 10.1. The molecule has 3 aromatic heterocycles. The average molecular weight is 444 g/mol. The minimum absolute atomic E-state index is 0.303. The van der Waals surface area contributed by atoms with Crippen LogP contribution in [0.1, 0.15) is 50.5 Å². The largest absolute Gasteiger partial charge is 0.464 e. The molecule has 31 heavy (non-hydrogen) atoms. The highest BCUT2D eigenvalue weighted by Crippen LogP contribution is 2.35. The molecule has 1 aliphatic rings. The van der Waals surface area contributed by atoms with E-state index in [-0.39, 0.29) is 0 Å². The SMILES string of the molecule is COC(=O)c1cc(-c2ncnc3sccc23)nn1CC1(NC(=O)OC(C)(C)C)CCC1. The summed E-state index contributed by atoms with van der Waals surface area (Å²) in [7, 11) is 1.33. The van der Waals surface area contributed by atoms with Crippen LogP contribution in [0.2, 0.25) is 0 Å². The summed E-state index contributed by atoms with van der Waals surface area (Å²) in [6.07, 6.45) is 3.52. The average Bonchev–Trinajstić information content (AvgIpc) is 3.30. The molecule has 0 saturated heterocycles. The first kappa shape index (κ1) is 21.2. The highest BCUT2D eigenvalue weighted by Gasteiger charge is 2.41. The number of hydrogen-bond donors (Lipinski definition) is 1. The summed E-state index contributed by atoms with van der Waals surface area (Å²) in [5.74, 6) is -0.499. The number of methoxy groups -OCH3 is 1. The number of aromatic nitrogens is 4. The van der Waals surface area contributed by atoms with Crippen LogP contribution in [-0.4, -0.2) is 50.1 Å². The van der Waals surface area contributed by atoms with Gasteiger partial charge in [0, 0.05) is 11.5 Å². The summed E-state index contributed by atoms with van der Waals surface area (Å²) in [6.45, 7) is 5.79. The predicted octanol–water partition coefficient (Wildman–Crippen LogP) is 3.79. The van der Waals surface area contributed by atoms with Crippen molar-refractivity contribution in [1.82, 2.24) is 25.1 Å². The minimum atomic E-state index is -0.593. The fraction of sp³-hybridized carbons (Fsp3) is 0.476. The number of alkyl carbamates (subject to hydrolysis) is 1. The fourth-order valence-corrected chi connectivity index (χ4v) is 4.38. The first-order valence-corrected chi connectivity index (χ1v) is 10.9. The summed E-state index contributed by atoms with van der Waals surface area (Å²) in [5.41, 5.74) is 0.384. The molecule has 3 aromatic rings. The predicted molar refractivity (Wildman–Crippen MR) is 116 cm³/mol. The van der Waals surface area contributed by atoms with E-state index in [9.17, 15) is 9.59 Å². The molecule has 1 N–H and O–H groups in total. The van der Waals surface area contributed by atoms with Crippen LogP contribution in [-0.2, 0) is 16.0 Å². The van der Waals surface area contributed by atoms with E-state index < -0.39 is 23.2 Å². The van der Waals surface area contributed by atoms with E-state index in [1.54, 1.807) is 10.7 Å². The van der Waals surface area contributed by atoms with Crippen LogP contribution in [0.25, 0.3) is 21.6 Å². The van der Waals surface area contributed by atoms with Crippen LogP contribution in [0.3, 0.4) is 0 Å². The minimum Gasteiger partial charge on any atom is -0.464 e. The van der Waals surface area contributed by atoms with Gasteiger partial charge in [-0.1, -0.05) is 0 Å². The Morgan fingerprint density at radius 3 is 2.71 bits per heavy atom. The van der Waals surface area contributed by atoms with Crippen LogP contribution < -0.4 is 5.32 Å². The molecule has 0 bridgehead atoms. The van der Waals surface area contributed by atoms with Gasteiger partial charge in [-0.2, -0.15) is 5.10 Å². The number of esters is 1. The molecular formula is C21H25N5O4S. The van der Waals surface area contributed by atoms with E-state index in [2.05, 4.69) is 20.4 Å². The normalized spacial score (nSPS) is 15.4. The first-order chi connectivity index (χ1) is 14.7. The van der Waals surface area contributed by atoms with Gasteiger partial charge in [-0.25, -0.2) is 19.6 Å². The topological polar surface area (TPSA) is 108 Å². The summed E-state index contributed by atoms with van der Waals surface area (Å²) in [4.78, 5) is 34.4. The van der Waals surface area contributed by atoms with Gasteiger partial charge in [0.1, 0.15) is 33.8 Å². The third-order valence-electron chi connectivity index (χ3n) is 5.21. The van der Waals surface area contributed by atoms with E-state index in [1.165, 1.54) is 24.8 Å². The van der Waals surface area contributed by atoms with Crippen molar-refractivity contribution in [3.63, 3.8) is 0 Å². The molecule has 1 amide bonds. The molecule has 0 unspecified atom stereocenters. The van der Waals surface area contributed by atoms with Gasteiger partial charge < -0.3 is 14.8 Å². The van der Waals surface area contributed by atoms with E-state index in [0.717, 1.165) is 29.5 Å². The Balaban J connectivity index is 1.66.